The predicted octanol–water partition coefficient (Wildman–Crippen LogP) is 0.706. The van der Waals surface area contributed by atoms with Crippen molar-refractivity contribution in [2.24, 2.45) is 5.73 Å². The van der Waals surface area contributed by atoms with E-state index in [0.717, 1.165) is 13.1 Å². The average Bonchev–Trinajstić information content (AvgIpc) is 2.94. The summed E-state index contributed by atoms with van der Waals surface area (Å²) < 4.78 is 10.1. The Labute approximate surface area is 94.7 Å². The molecule has 2 heterocycles. The molecule has 6 heteroatoms. The van der Waals surface area contributed by atoms with E-state index >= 15 is 0 Å². The summed E-state index contributed by atoms with van der Waals surface area (Å²) in [5, 5.41) is 3.95. The molecule has 1 atom stereocenters. The van der Waals surface area contributed by atoms with Gasteiger partial charge in [-0.25, -0.2) is 0 Å². The van der Waals surface area contributed by atoms with E-state index < -0.39 is 0 Å². The van der Waals surface area contributed by atoms with Crippen LogP contribution in [0.2, 0.25) is 0 Å². The number of nitrogens with two attached hydrogens (primary N) is 1. The van der Waals surface area contributed by atoms with E-state index in [-0.39, 0.29) is 6.04 Å². The molecule has 16 heavy (non-hydrogen) atoms. The Morgan fingerprint density at radius 2 is 2.25 bits per heavy atom. The Morgan fingerprint density at radius 1 is 1.50 bits per heavy atom. The molecule has 90 valence electrons. The third-order valence-electron chi connectivity index (χ3n) is 2.77. The van der Waals surface area contributed by atoms with Crippen LogP contribution in [0.1, 0.15) is 31.2 Å². The van der Waals surface area contributed by atoms with E-state index in [0.29, 0.717) is 24.9 Å². The van der Waals surface area contributed by atoms with E-state index in [2.05, 4.69) is 15.0 Å². The number of aromatic nitrogens is 2. The van der Waals surface area contributed by atoms with Crippen LogP contribution in [-0.4, -0.2) is 36.9 Å². The first-order valence-electron chi connectivity index (χ1n) is 5.64. The van der Waals surface area contributed by atoms with Crippen LogP contribution in [0.3, 0.4) is 0 Å². The van der Waals surface area contributed by atoms with Crippen molar-refractivity contribution in [2.45, 2.75) is 25.3 Å². The van der Waals surface area contributed by atoms with Crippen molar-refractivity contribution in [3.05, 3.63) is 5.89 Å². The normalized spacial score (nSPS) is 18.0. The summed E-state index contributed by atoms with van der Waals surface area (Å²) in [7, 11) is 1.65. The zero-order chi connectivity index (χ0) is 11.4. The van der Waals surface area contributed by atoms with Gasteiger partial charge in [0.25, 0.3) is 5.95 Å². The zero-order valence-corrected chi connectivity index (χ0v) is 9.56. The number of anilines is 1. The van der Waals surface area contributed by atoms with E-state index in [1.54, 1.807) is 7.11 Å². The Kier molecular flexibility index (Phi) is 3.74. The molecule has 0 saturated carbocycles. The summed E-state index contributed by atoms with van der Waals surface area (Å²) in [5.41, 5.74) is 5.90. The third-order valence-corrected chi connectivity index (χ3v) is 2.77. The third kappa shape index (κ3) is 2.51. The van der Waals surface area contributed by atoms with Crippen LogP contribution in [-0.2, 0) is 4.74 Å². The number of rotatable bonds is 5. The number of methoxy groups -OCH3 is 1. The van der Waals surface area contributed by atoms with Gasteiger partial charge in [0.15, 0.2) is 0 Å². The molecule has 2 N–H and O–H groups in total. The van der Waals surface area contributed by atoms with Gasteiger partial charge in [-0.3, -0.25) is 0 Å². The summed E-state index contributed by atoms with van der Waals surface area (Å²) in [6.07, 6.45) is 3.08. The lowest BCUT2D eigenvalue weighted by Gasteiger charge is -2.10. The molecule has 1 unspecified atom stereocenters. The van der Waals surface area contributed by atoms with Crippen molar-refractivity contribution in [3.8, 4) is 0 Å². The smallest absolute Gasteiger partial charge is 0.266 e. The second kappa shape index (κ2) is 5.27. The predicted molar refractivity (Wildman–Crippen MR) is 59.2 cm³/mol. The monoisotopic (exact) mass is 226 g/mol. The first kappa shape index (κ1) is 11.3. The first-order chi connectivity index (χ1) is 7.81. The molecular formula is C10H18N4O2. The maximum atomic E-state index is 5.90. The van der Waals surface area contributed by atoms with Gasteiger partial charge in [-0.2, -0.15) is 4.98 Å². The maximum Gasteiger partial charge on any atom is 0.266 e. The summed E-state index contributed by atoms with van der Waals surface area (Å²) in [6, 6.07) is -0.233. The minimum absolute atomic E-state index is 0.233. The largest absolute Gasteiger partial charge is 0.385 e. The van der Waals surface area contributed by atoms with Crippen molar-refractivity contribution >= 4 is 5.95 Å². The molecule has 1 saturated heterocycles. The Hall–Kier alpha value is -1.14. The molecule has 1 aromatic rings. The van der Waals surface area contributed by atoms with Crippen LogP contribution >= 0.6 is 0 Å². The van der Waals surface area contributed by atoms with E-state index in [1.807, 2.05) is 0 Å². The van der Waals surface area contributed by atoms with Gasteiger partial charge in [0.1, 0.15) is 0 Å². The lowest BCUT2D eigenvalue weighted by atomic mass is 10.2. The van der Waals surface area contributed by atoms with Crippen molar-refractivity contribution in [3.63, 3.8) is 0 Å². The molecule has 0 bridgehead atoms. The summed E-state index contributed by atoms with van der Waals surface area (Å²) in [6.45, 7) is 2.61. The highest BCUT2D eigenvalue weighted by atomic mass is 16.5. The standard InChI is InChI=1S/C10H18N4O2/c1-15-7-4-8(11)9-12-10(13-16-9)14-5-2-3-6-14/h8H,2-7,11H2,1H3. The minimum Gasteiger partial charge on any atom is -0.385 e. The van der Waals surface area contributed by atoms with Crippen molar-refractivity contribution in [1.82, 2.24) is 10.1 Å². The van der Waals surface area contributed by atoms with Crippen LogP contribution in [0.25, 0.3) is 0 Å². The van der Waals surface area contributed by atoms with Crippen molar-refractivity contribution < 1.29 is 9.26 Å². The van der Waals surface area contributed by atoms with E-state index in [1.165, 1.54) is 12.8 Å². The molecule has 0 aliphatic carbocycles. The highest BCUT2D eigenvalue weighted by molar-refractivity contribution is 5.29. The molecule has 0 amide bonds. The summed E-state index contributed by atoms with van der Waals surface area (Å²) in [5.74, 6) is 1.17. The van der Waals surface area contributed by atoms with E-state index in [4.69, 9.17) is 15.0 Å². The molecule has 1 aliphatic heterocycles. The van der Waals surface area contributed by atoms with Gasteiger partial charge < -0.3 is 19.9 Å². The fraction of sp³-hybridized carbons (Fsp3) is 0.800. The molecular weight excluding hydrogens is 208 g/mol. The molecule has 1 aromatic heterocycles. The summed E-state index contributed by atoms with van der Waals surface area (Å²) >= 11 is 0. The van der Waals surface area contributed by atoms with Gasteiger partial charge in [-0.1, -0.05) is 0 Å². The number of ether oxygens (including phenoxy) is 1. The molecule has 0 aromatic carbocycles. The van der Waals surface area contributed by atoms with Gasteiger partial charge in [0, 0.05) is 26.8 Å². The topological polar surface area (TPSA) is 77.4 Å². The van der Waals surface area contributed by atoms with E-state index in [9.17, 15) is 0 Å². The lowest BCUT2D eigenvalue weighted by Crippen LogP contribution is -2.19. The van der Waals surface area contributed by atoms with Crippen LogP contribution in [0.5, 0.6) is 0 Å². The Bertz CT molecular complexity index is 322. The van der Waals surface area contributed by atoms with Crippen molar-refractivity contribution in [2.75, 3.05) is 31.7 Å². The Balaban J connectivity index is 1.95. The number of hydrogen-bond donors (Lipinski definition) is 1. The molecule has 0 spiro atoms. The summed E-state index contributed by atoms with van der Waals surface area (Å²) in [4.78, 5) is 6.43. The van der Waals surface area contributed by atoms with Gasteiger partial charge in [0.05, 0.1) is 6.04 Å². The molecule has 1 aliphatic rings. The van der Waals surface area contributed by atoms with Crippen LogP contribution in [0, 0.1) is 0 Å². The van der Waals surface area contributed by atoms with Crippen LogP contribution < -0.4 is 10.6 Å². The zero-order valence-electron chi connectivity index (χ0n) is 9.56. The highest BCUT2D eigenvalue weighted by Gasteiger charge is 2.20. The first-order valence-corrected chi connectivity index (χ1v) is 5.64. The van der Waals surface area contributed by atoms with Gasteiger partial charge in [-0.05, 0) is 24.4 Å². The molecule has 0 radical (unpaired) electrons. The minimum atomic E-state index is -0.233. The SMILES string of the molecule is COCCC(N)c1nc(N2CCCC2)no1. The quantitative estimate of drug-likeness (QED) is 0.796. The van der Waals surface area contributed by atoms with Gasteiger partial charge >= 0.3 is 0 Å². The number of hydrogen-bond acceptors (Lipinski definition) is 6. The van der Waals surface area contributed by atoms with Crippen molar-refractivity contribution in [1.29, 1.82) is 0 Å². The second-order valence-corrected chi connectivity index (χ2v) is 4.01. The lowest BCUT2D eigenvalue weighted by molar-refractivity contribution is 0.182. The second-order valence-electron chi connectivity index (χ2n) is 4.01. The van der Waals surface area contributed by atoms with Gasteiger partial charge in [0.2, 0.25) is 5.89 Å². The molecule has 6 nitrogen and oxygen atoms in total. The average molecular weight is 226 g/mol. The van der Waals surface area contributed by atoms with Crippen LogP contribution in [0.4, 0.5) is 5.95 Å². The molecule has 1 fully saturated rings. The number of nitrogens with zero attached hydrogens (tertiary/aromatic N) is 3. The fourth-order valence-electron chi connectivity index (χ4n) is 1.79. The van der Waals surface area contributed by atoms with Gasteiger partial charge in [-0.15, -0.1) is 0 Å². The Morgan fingerprint density at radius 3 is 2.94 bits per heavy atom. The maximum absolute atomic E-state index is 5.90. The highest BCUT2D eigenvalue weighted by Crippen LogP contribution is 2.19. The molecule has 2 rings (SSSR count). The van der Waals surface area contributed by atoms with Crippen LogP contribution in [0.15, 0.2) is 4.52 Å². The fourth-order valence-corrected chi connectivity index (χ4v) is 1.79.